The number of nitrogens with zero attached hydrogens (tertiary/aromatic N) is 1. The predicted octanol–water partition coefficient (Wildman–Crippen LogP) is 2.34. The Balaban J connectivity index is 1.75. The van der Waals surface area contributed by atoms with Crippen molar-refractivity contribution in [1.29, 1.82) is 0 Å². The van der Waals surface area contributed by atoms with Crippen LogP contribution in [0.3, 0.4) is 0 Å². The quantitative estimate of drug-likeness (QED) is 0.533. The molecule has 2 heterocycles. The Morgan fingerprint density at radius 3 is 3.20 bits per heavy atom. The van der Waals surface area contributed by atoms with Gasteiger partial charge in [0.15, 0.2) is 0 Å². The van der Waals surface area contributed by atoms with E-state index in [1.165, 1.54) is 12.8 Å². The molecule has 0 aromatic carbocycles. The predicted molar refractivity (Wildman–Crippen MR) is 61.3 cm³/mol. The van der Waals surface area contributed by atoms with Gasteiger partial charge in [0.2, 0.25) is 5.91 Å². The summed E-state index contributed by atoms with van der Waals surface area (Å²) in [4.78, 5) is 13.0. The number of rotatable bonds is 5. The van der Waals surface area contributed by atoms with E-state index in [-0.39, 0.29) is 5.91 Å². The molecule has 4 heteroatoms. The first-order chi connectivity index (χ1) is 7.31. The molecular weight excluding hydrogens is 210 g/mol. The van der Waals surface area contributed by atoms with Crippen LogP contribution in [0.5, 0.6) is 0 Å². The van der Waals surface area contributed by atoms with E-state index < -0.39 is 0 Å². The number of unbranched alkanes of at least 4 members (excludes halogenated alkanes) is 2. The smallest absolute Gasteiger partial charge is 0.230 e. The van der Waals surface area contributed by atoms with E-state index in [4.69, 9.17) is 4.74 Å². The van der Waals surface area contributed by atoms with Gasteiger partial charge in [0.1, 0.15) is 5.76 Å². The molecule has 0 aromatic heterocycles. The highest BCUT2D eigenvalue weighted by atomic mass is 32.2. The molecule has 0 aliphatic carbocycles. The van der Waals surface area contributed by atoms with Crippen molar-refractivity contribution in [1.82, 2.24) is 4.90 Å². The molecule has 1 saturated heterocycles. The summed E-state index contributed by atoms with van der Waals surface area (Å²) in [5.74, 6) is 2.10. The Kier molecular flexibility index (Phi) is 3.57. The summed E-state index contributed by atoms with van der Waals surface area (Å²) < 4.78 is 5.63. The number of amides is 1. The second kappa shape index (κ2) is 4.92. The molecule has 3 nitrogen and oxygen atoms in total. The van der Waals surface area contributed by atoms with Gasteiger partial charge in [0.25, 0.3) is 0 Å². The van der Waals surface area contributed by atoms with Crippen molar-refractivity contribution in [2.45, 2.75) is 38.0 Å². The lowest BCUT2D eigenvalue weighted by atomic mass is 10.2. The van der Waals surface area contributed by atoms with Crippen LogP contribution in [0.4, 0.5) is 0 Å². The fourth-order valence-corrected chi connectivity index (χ4v) is 2.81. The number of β-lactam (4-membered cyclic amide) rings is 1. The normalized spacial score (nSPS) is 24.3. The lowest BCUT2D eigenvalue weighted by Gasteiger charge is -2.40. The molecule has 2 rings (SSSR count). The SMILES string of the molecule is CCCCCOC1=CN2C(=O)C[C@H]2SC1. The number of ether oxygens (including phenoxy) is 1. The highest BCUT2D eigenvalue weighted by Crippen LogP contribution is 2.35. The molecule has 2 aliphatic heterocycles. The van der Waals surface area contributed by atoms with Crippen LogP contribution in [0.2, 0.25) is 0 Å². The van der Waals surface area contributed by atoms with E-state index >= 15 is 0 Å². The molecule has 1 amide bonds. The Hall–Kier alpha value is -0.640. The van der Waals surface area contributed by atoms with Crippen LogP contribution in [0.1, 0.15) is 32.6 Å². The fourth-order valence-electron chi connectivity index (χ4n) is 1.70. The van der Waals surface area contributed by atoms with Crippen LogP contribution < -0.4 is 0 Å². The molecule has 15 heavy (non-hydrogen) atoms. The number of carbonyl (C=O) groups excluding carboxylic acids is 1. The van der Waals surface area contributed by atoms with Gasteiger partial charge < -0.3 is 9.64 Å². The number of hydrogen-bond donors (Lipinski definition) is 0. The Morgan fingerprint density at radius 2 is 2.47 bits per heavy atom. The number of thioether (sulfide) groups is 1. The Labute approximate surface area is 94.8 Å². The van der Waals surface area contributed by atoms with Crippen LogP contribution >= 0.6 is 11.8 Å². The van der Waals surface area contributed by atoms with E-state index in [1.54, 1.807) is 16.7 Å². The molecule has 0 radical (unpaired) electrons. The van der Waals surface area contributed by atoms with Crippen molar-refractivity contribution >= 4 is 17.7 Å². The lowest BCUT2D eigenvalue weighted by molar-refractivity contribution is -0.137. The summed E-state index contributed by atoms with van der Waals surface area (Å²) in [5.41, 5.74) is 0. The molecule has 2 aliphatic rings. The average molecular weight is 227 g/mol. The van der Waals surface area contributed by atoms with Gasteiger partial charge >= 0.3 is 0 Å². The Morgan fingerprint density at radius 1 is 1.60 bits per heavy atom. The van der Waals surface area contributed by atoms with Crippen molar-refractivity contribution in [3.63, 3.8) is 0 Å². The van der Waals surface area contributed by atoms with Crippen LogP contribution in [-0.4, -0.2) is 28.5 Å². The summed E-state index contributed by atoms with van der Waals surface area (Å²) in [5, 5.41) is 0.389. The minimum absolute atomic E-state index is 0.224. The maximum atomic E-state index is 11.2. The van der Waals surface area contributed by atoms with Gasteiger partial charge in [-0.25, -0.2) is 0 Å². The second-order valence-electron chi connectivity index (χ2n) is 3.92. The zero-order valence-corrected chi connectivity index (χ0v) is 9.89. The second-order valence-corrected chi connectivity index (χ2v) is 5.09. The van der Waals surface area contributed by atoms with Crippen molar-refractivity contribution in [3.8, 4) is 0 Å². The van der Waals surface area contributed by atoms with Gasteiger partial charge in [-0.2, -0.15) is 0 Å². The zero-order valence-electron chi connectivity index (χ0n) is 9.07. The summed E-state index contributed by atoms with van der Waals surface area (Å²) >= 11 is 1.80. The average Bonchev–Trinajstić information content (AvgIpc) is 2.25. The Bertz CT molecular complexity index is 278. The number of fused-ring (bicyclic) bond motifs is 1. The van der Waals surface area contributed by atoms with E-state index in [0.717, 1.165) is 24.5 Å². The molecule has 1 atom stereocenters. The molecule has 1 fully saturated rings. The standard InChI is InChI=1S/C11H17NO2S/c1-2-3-4-5-14-9-7-12-10(13)6-11(12)15-8-9/h7,11H,2-6,8H2,1H3/t11-/m1/s1. The van der Waals surface area contributed by atoms with E-state index in [2.05, 4.69) is 6.92 Å². The van der Waals surface area contributed by atoms with Crippen LogP contribution in [0.15, 0.2) is 12.0 Å². The van der Waals surface area contributed by atoms with Gasteiger partial charge in [-0.3, -0.25) is 4.79 Å². The molecule has 0 saturated carbocycles. The molecule has 0 unspecified atom stereocenters. The molecule has 0 spiro atoms. The van der Waals surface area contributed by atoms with Gasteiger partial charge in [-0.05, 0) is 6.42 Å². The zero-order chi connectivity index (χ0) is 10.7. The monoisotopic (exact) mass is 227 g/mol. The van der Waals surface area contributed by atoms with E-state index in [0.29, 0.717) is 11.8 Å². The van der Waals surface area contributed by atoms with Crippen molar-refractivity contribution in [2.24, 2.45) is 0 Å². The molecular formula is C11H17NO2S. The largest absolute Gasteiger partial charge is 0.496 e. The van der Waals surface area contributed by atoms with E-state index in [9.17, 15) is 4.79 Å². The molecule has 0 N–H and O–H groups in total. The van der Waals surface area contributed by atoms with Crippen molar-refractivity contribution in [2.75, 3.05) is 12.4 Å². The fraction of sp³-hybridized carbons (Fsp3) is 0.727. The van der Waals surface area contributed by atoms with Crippen molar-refractivity contribution in [3.05, 3.63) is 12.0 Å². The first-order valence-corrected chi connectivity index (χ1v) is 6.62. The number of carbonyl (C=O) groups is 1. The minimum Gasteiger partial charge on any atom is -0.496 e. The van der Waals surface area contributed by atoms with Gasteiger partial charge in [-0.15, -0.1) is 11.8 Å². The van der Waals surface area contributed by atoms with Crippen LogP contribution in [-0.2, 0) is 9.53 Å². The van der Waals surface area contributed by atoms with E-state index in [1.807, 2.05) is 6.20 Å². The maximum Gasteiger partial charge on any atom is 0.230 e. The maximum absolute atomic E-state index is 11.2. The van der Waals surface area contributed by atoms with Crippen LogP contribution in [0.25, 0.3) is 0 Å². The molecule has 0 bridgehead atoms. The highest BCUT2D eigenvalue weighted by molar-refractivity contribution is 8.00. The third-order valence-electron chi connectivity index (χ3n) is 2.68. The van der Waals surface area contributed by atoms with Gasteiger partial charge in [0.05, 0.1) is 24.2 Å². The molecule has 84 valence electrons. The minimum atomic E-state index is 0.224. The number of hydrogen-bond acceptors (Lipinski definition) is 3. The third-order valence-corrected chi connectivity index (χ3v) is 3.91. The topological polar surface area (TPSA) is 29.5 Å². The lowest BCUT2D eigenvalue weighted by Crippen LogP contribution is -2.49. The summed E-state index contributed by atoms with van der Waals surface area (Å²) in [6, 6.07) is 0. The first kappa shape index (κ1) is 10.9. The third kappa shape index (κ3) is 2.48. The highest BCUT2D eigenvalue weighted by Gasteiger charge is 2.38. The molecule has 0 aromatic rings. The summed E-state index contributed by atoms with van der Waals surface area (Å²) in [7, 11) is 0. The summed E-state index contributed by atoms with van der Waals surface area (Å²) in [6.07, 6.45) is 6.12. The van der Waals surface area contributed by atoms with Gasteiger partial charge in [0, 0.05) is 6.20 Å². The van der Waals surface area contributed by atoms with Crippen molar-refractivity contribution < 1.29 is 9.53 Å². The summed E-state index contributed by atoms with van der Waals surface area (Å²) in [6.45, 7) is 2.96. The van der Waals surface area contributed by atoms with Crippen LogP contribution in [0, 0.1) is 0 Å². The van der Waals surface area contributed by atoms with Gasteiger partial charge in [-0.1, -0.05) is 19.8 Å². The first-order valence-electron chi connectivity index (χ1n) is 5.57.